The largest absolute Gasteiger partial charge is 0.393 e. The van der Waals surface area contributed by atoms with Crippen LogP contribution in [0.4, 0.5) is 0 Å². The SMILES string of the molecule is OC1CC(c2ccc(Cl)c(Cl)c2)OC(c2ccc(Cl)c(Cl)c2)C1. The molecule has 1 aliphatic rings. The summed E-state index contributed by atoms with van der Waals surface area (Å²) in [5.41, 5.74) is 1.78. The summed E-state index contributed by atoms with van der Waals surface area (Å²) < 4.78 is 6.16. The highest BCUT2D eigenvalue weighted by molar-refractivity contribution is 6.42. The van der Waals surface area contributed by atoms with Gasteiger partial charge in [-0.2, -0.15) is 0 Å². The smallest absolute Gasteiger partial charge is 0.0858 e. The van der Waals surface area contributed by atoms with E-state index in [0.29, 0.717) is 32.9 Å². The van der Waals surface area contributed by atoms with Gasteiger partial charge in [-0.05, 0) is 35.4 Å². The van der Waals surface area contributed by atoms with Crippen LogP contribution in [-0.4, -0.2) is 11.2 Å². The third kappa shape index (κ3) is 3.96. The second-order valence-corrected chi connectivity index (χ2v) is 7.21. The van der Waals surface area contributed by atoms with Gasteiger partial charge in [0.05, 0.1) is 38.4 Å². The first-order chi connectivity index (χ1) is 10.9. The Morgan fingerprint density at radius 2 is 1.17 bits per heavy atom. The molecule has 23 heavy (non-hydrogen) atoms. The van der Waals surface area contributed by atoms with Gasteiger partial charge in [-0.25, -0.2) is 0 Å². The van der Waals surface area contributed by atoms with Crippen molar-refractivity contribution in [2.45, 2.75) is 31.2 Å². The number of rotatable bonds is 2. The van der Waals surface area contributed by atoms with E-state index in [1.807, 2.05) is 12.1 Å². The summed E-state index contributed by atoms with van der Waals surface area (Å²) in [6.07, 6.45) is 0.0366. The Hall–Kier alpha value is -0.480. The van der Waals surface area contributed by atoms with Gasteiger partial charge in [0.15, 0.2) is 0 Å². The van der Waals surface area contributed by atoms with E-state index >= 15 is 0 Å². The zero-order chi connectivity index (χ0) is 16.6. The van der Waals surface area contributed by atoms with Crippen LogP contribution >= 0.6 is 46.4 Å². The number of ether oxygens (including phenoxy) is 1. The minimum Gasteiger partial charge on any atom is -0.393 e. The molecule has 0 aliphatic carbocycles. The van der Waals surface area contributed by atoms with Gasteiger partial charge in [0.2, 0.25) is 0 Å². The van der Waals surface area contributed by atoms with Gasteiger partial charge in [0.1, 0.15) is 0 Å². The Labute approximate surface area is 154 Å². The molecule has 1 heterocycles. The number of hydrogen-bond donors (Lipinski definition) is 1. The van der Waals surface area contributed by atoms with E-state index in [1.165, 1.54) is 0 Å². The van der Waals surface area contributed by atoms with Gasteiger partial charge < -0.3 is 9.84 Å². The van der Waals surface area contributed by atoms with Crippen LogP contribution in [0.5, 0.6) is 0 Å². The first kappa shape index (κ1) is 17.3. The maximum atomic E-state index is 10.2. The molecule has 2 aromatic carbocycles. The summed E-state index contributed by atoms with van der Waals surface area (Å²) in [5.74, 6) is 0. The second-order valence-electron chi connectivity index (χ2n) is 5.59. The molecule has 6 heteroatoms. The average molecular weight is 392 g/mol. The van der Waals surface area contributed by atoms with Crippen molar-refractivity contribution < 1.29 is 9.84 Å². The van der Waals surface area contributed by atoms with Crippen molar-refractivity contribution in [3.8, 4) is 0 Å². The fraction of sp³-hybridized carbons (Fsp3) is 0.294. The first-order valence-corrected chi connectivity index (χ1v) is 8.68. The standard InChI is InChI=1S/C17H14Cl4O2/c18-12-3-1-9(5-14(12)20)16-7-11(22)8-17(23-16)10-2-4-13(19)15(21)6-10/h1-6,11,16-17,22H,7-8H2. The summed E-state index contributed by atoms with van der Waals surface area (Å²) in [4.78, 5) is 0. The third-order valence-corrected chi connectivity index (χ3v) is 5.41. The highest BCUT2D eigenvalue weighted by atomic mass is 35.5. The zero-order valence-electron chi connectivity index (χ0n) is 12.0. The Kier molecular flexibility index (Phi) is 5.42. The highest BCUT2D eigenvalue weighted by Gasteiger charge is 2.30. The van der Waals surface area contributed by atoms with Crippen molar-refractivity contribution in [2.75, 3.05) is 0 Å². The van der Waals surface area contributed by atoms with Crippen LogP contribution in [0.25, 0.3) is 0 Å². The van der Waals surface area contributed by atoms with E-state index in [0.717, 1.165) is 11.1 Å². The van der Waals surface area contributed by atoms with Crippen molar-refractivity contribution in [3.05, 3.63) is 67.6 Å². The fourth-order valence-corrected chi connectivity index (χ4v) is 3.37. The van der Waals surface area contributed by atoms with E-state index in [9.17, 15) is 5.11 Å². The van der Waals surface area contributed by atoms with Gasteiger partial charge in [0, 0.05) is 12.8 Å². The molecular weight excluding hydrogens is 378 g/mol. The van der Waals surface area contributed by atoms with Gasteiger partial charge in [-0.15, -0.1) is 0 Å². The summed E-state index contributed by atoms with van der Waals surface area (Å²) in [5, 5.41) is 12.2. The number of benzene rings is 2. The van der Waals surface area contributed by atoms with Crippen LogP contribution < -0.4 is 0 Å². The summed E-state index contributed by atoms with van der Waals surface area (Å²) in [7, 11) is 0. The zero-order valence-corrected chi connectivity index (χ0v) is 15.0. The van der Waals surface area contributed by atoms with Crippen LogP contribution in [0.2, 0.25) is 20.1 Å². The summed E-state index contributed by atoms with van der Waals surface area (Å²) >= 11 is 24.1. The molecule has 1 aliphatic heterocycles. The second kappa shape index (κ2) is 7.18. The normalized spacial score (nSPS) is 24.7. The van der Waals surface area contributed by atoms with Crippen molar-refractivity contribution in [3.63, 3.8) is 0 Å². The molecule has 0 amide bonds. The molecule has 122 valence electrons. The lowest BCUT2D eigenvalue weighted by molar-refractivity contribution is -0.0998. The summed E-state index contributed by atoms with van der Waals surface area (Å²) in [6.45, 7) is 0. The predicted molar refractivity (Wildman–Crippen MR) is 94.7 cm³/mol. The Morgan fingerprint density at radius 1 is 0.739 bits per heavy atom. The maximum Gasteiger partial charge on any atom is 0.0858 e. The molecule has 1 N–H and O–H groups in total. The molecule has 1 saturated heterocycles. The van der Waals surface area contributed by atoms with Crippen molar-refractivity contribution >= 4 is 46.4 Å². The molecule has 2 unspecified atom stereocenters. The van der Waals surface area contributed by atoms with E-state index in [2.05, 4.69) is 0 Å². The molecule has 2 aromatic rings. The quantitative estimate of drug-likeness (QED) is 0.655. The lowest BCUT2D eigenvalue weighted by atomic mass is 9.93. The molecule has 0 spiro atoms. The molecule has 0 bridgehead atoms. The fourth-order valence-electron chi connectivity index (χ4n) is 2.75. The molecular formula is C17H14Cl4O2. The van der Waals surface area contributed by atoms with Crippen LogP contribution in [-0.2, 0) is 4.74 Å². The monoisotopic (exact) mass is 390 g/mol. The number of halogens is 4. The summed E-state index contributed by atoms with van der Waals surface area (Å²) in [6, 6.07) is 10.7. The van der Waals surface area contributed by atoms with Crippen molar-refractivity contribution in [1.82, 2.24) is 0 Å². The molecule has 3 rings (SSSR count). The van der Waals surface area contributed by atoms with Gasteiger partial charge in [0.25, 0.3) is 0 Å². The molecule has 1 fully saturated rings. The van der Waals surface area contributed by atoms with Gasteiger partial charge >= 0.3 is 0 Å². The molecule has 2 nitrogen and oxygen atoms in total. The lowest BCUT2D eigenvalue weighted by Gasteiger charge is -2.34. The van der Waals surface area contributed by atoms with Crippen LogP contribution in [0.1, 0.15) is 36.2 Å². The number of aliphatic hydroxyl groups excluding tert-OH is 1. The average Bonchev–Trinajstić information content (AvgIpc) is 2.52. The maximum absolute atomic E-state index is 10.2. The molecule has 0 saturated carbocycles. The third-order valence-electron chi connectivity index (χ3n) is 3.93. The number of hydrogen-bond acceptors (Lipinski definition) is 2. The lowest BCUT2D eigenvalue weighted by Crippen LogP contribution is -2.26. The van der Waals surface area contributed by atoms with Crippen molar-refractivity contribution in [1.29, 1.82) is 0 Å². The van der Waals surface area contributed by atoms with Crippen LogP contribution in [0, 0.1) is 0 Å². The van der Waals surface area contributed by atoms with Crippen molar-refractivity contribution in [2.24, 2.45) is 0 Å². The Bertz CT molecular complexity index is 660. The van der Waals surface area contributed by atoms with E-state index in [1.54, 1.807) is 24.3 Å². The predicted octanol–water partition coefficient (Wildman–Crippen LogP) is 6.25. The molecule has 0 aromatic heterocycles. The van der Waals surface area contributed by atoms with Crippen LogP contribution in [0.15, 0.2) is 36.4 Å². The minimum atomic E-state index is -0.470. The van der Waals surface area contributed by atoms with E-state index in [4.69, 9.17) is 51.1 Å². The van der Waals surface area contributed by atoms with Gasteiger partial charge in [-0.1, -0.05) is 58.5 Å². The Balaban J connectivity index is 1.86. The molecule has 2 atom stereocenters. The van der Waals surface area contributed by atoms with E-state index in [-0.39, 0.29) is 12.2 Å². The van der Waals surface area contributed by atoms with E-state index < -0.39 is 6.10 Å². The topological polar surface area (TPSA) is 29.5 Å². The number of aliphatic hydroxyl groups is 1. The Morgan fingerprint density at radius 3 is 1.57 bits per heavy atom. The first-order valence-electron chi connectivity index (χ1n) is 7.17. The minimum absolute atomic E-state index is 0.257. The molecule has 0 radical (unpaired) electrons. The highest BCUT2D eigenvalue weighted by Crippen LogP contribution is 2.41. The van der Waals surface area contributed by atoms with Gasteiger partial charge in [-0.3, -0.25) is 0 Å². The van der Waals surface area contributed by atoms with Crippen LogP contribution in [0.3, 0.4) is 0 Å².